The van der Waals surface area contributed by atoms with E-state index in [1.807, 2.05) is 32.0 Å². The van der Waals surface area contributed by atoms with Crippen LogP contribution in [0.25, 0.3) is 0 Å². The fraction of sp³-hybridized carbons (Fsp3) is 0.476. The Kier molecular flexibility index (Phi) is 5.86. The molecule has 1 aromatic heterocycles. The molecule has 2 aromatic rings. The first-order valence-electron chi connectivity index (χ1n) is 9.59. The molecule has 0 bridgehead atoms. The van der Waals surface area contributed by atoms with Gasteiger partial charge in [-0.25, -0.2) is 9.97 Å². The van der Waals surface area contributed by atoms with Gasteiger partial charge in [-0.05, 0) is 50.3 Å². The smallest absolute Gasteiger partial charge is 0.274 e. The largest absolute Gasteiger partial charge is 0.351 e. The molecule has 0 aliphatic heterocycles. The molecule has 2 N–H and O–H groups in total. The zero-order valence-electron chi connectivity index (χ0n) is 15.9. The molecule has 1 saturated carbocycles. The van der Waals surface area contributed by atoms with E-state index in [2.05, 4.69) is 27.5 Å². The van der Waals surface area contributed by atoms with Gasteiger partial charge in [-0.15, -0.1) is 0 Å². The van der Waals surface area contributed by atoms with Crippen molar-refractivity contribution in [2.24, 2.45) is 0 Å². The van der Waals surface area contributed by atoms with Crippen molar-refractivity contribution in [2.45, 2.75) is 65.3 Å². The molecule has 138 valence electrons. The number of benzene rings is 1. The Morgan fingerprint density at radius 3 is 2.65 bits per heavy atom. The maximum absolute atomic E-state index is 12.8. The predicted octanol–water partition coefficient (Wildman–Crippen LogP) is 4.65. The van der Waals surface area contributed by atoms with Crippen molar-refractivity contribution in [3.63, 3.8) is 0 Å². The van der Waals surface area contributed by atoms with Gasteiger partial charge in [-0.2, -0.15) is 0 Å². The number of hydrogen-bond donors (Lipinski definition) is 2. The van der Waals surface area contributed by atoms with Gasteiger partial charge in [0.15, 0.2) is 0 Å². The van der Waals surface area contributed by atoms with E-state index in [9.17, 15) is 4.79 Å². The van der Waals surface area contributed by atoms with E-state index in [4.69, 9.17) is 0 Å². The molecule has 1 fully saturated rings. The second-order valence-electron chi connectivity index (χ2n) is 7.11. The number of aryl methyl sites for hydroxylation is 3. The van der Waals surface area contributed by atoms with Crippen molar-refractivity contribution < 1.29 is 4.79 Å². The van der Waals surface area contributed by atoms with Crippen LogP contribution >= 0.6 is 0 Å². The second kappa shape index (κ2) is 8.30. The maximum Gasteiger partial charge on any atom is 0.274 e. The summed E-state index contributed by atoms with van der Waals surface area (Å²) in [5.74, 6) is 0.369. The lowest BCUT2D eigenvalue weighted by Crippen LogP contribution is -2.25. The normalized spacial score (nSPS) is 14.9. The van der Waals surface area contributed by atoms with Crippen LogP contribution in [0.15, 0.2) is 24.3 Å². The Bertz CT molecular complexity index is 782. The van der Waals surface area contributed by atoms with Crippen LogP contribution < -0.4 is 10.6 Å². The second-order valence-corrected chi connectivity index (χ2v) is 7.11. The number of carbonyl (C=O) groups excluding carboxylic acids is 1. The van der Waals surface area contributed by atoms with Crippen molar-refractivity contribution >= 4 is 17.5 Å². The molecule has 1 aliphatic carbocycles. The van der Waals surface area contributed by atoms with Crippen molar-refractivity contribution in [1.29, 1.82) is 0 Å². The third kappa shape index (κ3) is 4.40. The van der Waals surface area contributed by atoms with Gasteiger partial charge in [0.2, 0.25) is 5.95 Å². The molecular formula is C21H28N4O. The van der Waals surface area contributed by atoms with Gasteiger partial charge < -0.3 is 10.6 Å². The lowest BCUT2D eigenvalue weighted by Gasteiger charge is -2.23. The molecule has 0 saturated heterocycles. The highest BCUT2D eigenvalue weighted by Crippen LogP contribution is 2.23. The molecule has 3 rings (SSSR count). The summed E-state index contributed by atoms with van der Waals surface area (Å²) >= 11 is 0. The van der Waals surface area contributed by atoms with E-state index in [1.54, 1.807) is 6.07 Å². The third-order valence-electron chi connectivity index (χ3n) is 5.00. The van der Waals surface area contributed by atoms with Crippen LogP contribution in [0.4, 0.5) is 11.6 Å². The standard InChI is InChI=1S/C21H28N4O/c1-4-16-10-8-9-14(2)19(16)25-20(26)18-13-15(3)22-21(24-18)23-17-11-6-5-7-12-17/h8-10,13,17H,4-7,11-12H2,1-3H3,(H,25,26)(H,22,23,24). The van der Waals surface area contributed by atoms with Crippen LogP contribution in [-0.2, 0) is 6.42 Å². The first-order valence-corrected chi connectivity index (χ1v) is 9.59. The van der Waals surface area contributed by atoms with Crippen molar-refractivity contribution in [3.8, 4) is 0 Å². The molecule has 5 heteroatoms. The number of nitrogens with one attached hydrogen (secondary N) is 2. The summed E-state index contributed by atoms with van der Waals surface area (Å²) in [6, 6.07) is 8.22. The van der Waals surface area contributed by atoms with Crippen molar-refractivity contribution in [3.05, 3.63) is 46.8 Å². The number of hydrogen-bond acceptors (Lipinski definition) is 4. The first-order chi connectivity index (χ1) is 12.6. The van der Waals surface area contributed by atoms with E-state index in [1.165, 1.54) is 19.3 Å². The minimum Gasteiger partial charge on any atom is -0.351 e. The van der Waals surface area contributed by atoms with Crippen LogP contribution in [0.1, 0.15) is 66.3 Å². The highest BCUT2D eigenvalue weighted by Gasteiger charge is 2.17. The molecule has 0 atom stereocenters. The molecular weight excluding hydrogens is 324 g/mol. The lowest BCUT2D eigenvalue weighted by molar-refractivity contribution is 0.102. The number of aromatic nitrogens is 2. The first kappa shape index (κ1) is 18.4. The highest BCUT2D eigenvalue weighted by atomic mass is 16.1. The van der Waals surface area contributed by atoms with Gasteiger partial charge in [-0.1, -0.05) is 44.4 Å². The molecule has 0 spiro atoms. The van der Waals surface area contributed by atoms with Crippen molar-refractivity contribution in [2.75, 3.05) is 10.6 Å². The Labute approximate surface area is 155 Å². The van der Waals surface area contributed by atoms with Gasteiger partial charge in [0.1, 0.15) is 5.69 Å². The maximum atomic E-state index is 12.8. The summed E-state index contributed by atoms with van der Waals surface area (Å²) in [7, 11) is 0. The van der Waals surface area contributed by atoms with Crippen molar-refractivity contribution in [1.82, 2.24) is 9.97 Å². The topological polar surface area (TPSA) is 66.9 Å². The van der Waals surface area contributed by atoms with Crippen LogP contribution in [0.2, 0.25) is 0 Å². The van der Waals surface area contributed by atoms with Crippen LogP contribution in [-0.4, -0.2) is 21.9 Å². The van der Waals surface area contributed by atoms with E-state index < -0.39 is 0 Å². The number of nitrogens with zero attached hydrogens (tertiary/aromatic N) is 2. The minimum absolute atomic E-state index is 0.189. The summed E-state index contributed by atoms with van der Waals surface area (Å²) in [4.78, 5) is 21.7. The van der Waals surface area contributed by atoms with Crippen LogP contribution in [0.5, 0.6) is 0 Å². The minimum atomic E-state index is -0.189. The monoisotopic (exact) mass is 352 g/mol. The summed E-state index contributed by atoms with van der Waals surface area (Å²) in [6.07, 6.45) is 6.93. The SMILES string of the molecule is CCc1cccc(C)c1NC(=O)c1cc(C)nc(NC2CCCCC2)n1. The summed E-state index contributed by atoms with van der Waals surface area (Å²) in [5, 5.41) is 6.46. The van der Waals surface area contributed by atoms with Gasteiger partial charge >= 0.3 is 0 Å². The number of carbonyl (C=O) groups is 1. The third-order valence-corrected chi connectivity index (χ3v) is 5.00. The summed E-state index contributed by atoms with van der Waals surface area (Å²) in [6.45, 7) is 6.00. The average molecular weight is 352 g/mol. The summed E-state index contributed by atoms with van der Waals surface area (Å²) in [5.41, 5.74) is 4.27. The molecule has 0 radical (unpaired) electrons. The molecule has 26 heavy (non-hydrogen) atoms. The summed E-state index contributed by atoms with van der Waals surface area (Å²) < 4.78 is 0. The Balaban J connectivity index is 1.79. The molecule has 1 aromatic carbocycles. The molecule has 1 heterocycles. The lowest BCUT2D eigenvalue weighted by atomic mass is 9.96. The quantitative estimate of drug-likeness (QED) is 0.822. The van der Waals surface area contributed by atoms with E-state index >= 15 is 0 Å². The average Bonchev–Trinajstić information content (AvgIpc) is 2.63. The van der Waals surface area contributed by atoms with Gasteiger partial charge in [0.05, 0.1) is 0 Å². The Morgan fingerprint density at radius 2 is 1.92 bits per heavy atom. The number of amides is 1. The van der Waals surface area contributed by atoms with E-state index in [-0.39, 0.29) is 5.91 Å². The van der Waals surface area contributed by atoms with Gasteiger partial charge in [0, 0.05) is 17.4 Å². The Morgan fingerprint density at radius 1 is 1.15 bits per heavy atom. The fourth-order valence-corrected chi connectivity index (χ4v) is 3.56. The molecule has 5 nitrogen and oxygen atoms in total. The fourth-order valence-electron chi connectivity index (χ4n) is 3.56. The van der Waals surface area contributed by atoms with Crippen LogP contribution in [0, 0.1) is 13.8 Å². The van der Waals surface area contributed by atoms with Gasteiger partial charge in [0.25, 0.3) is 5.91 Å². The van der Waals surface area contributed by atoms with Crippen LogP contribution in [0.3, 0.4) is 0 Å². The predicted molar refractivity (Wildman–Crippen MR) is 106 cm³/mol. The highest BCUT2D eigenvalue weighted by molar-refractivity contribution is 6.04. The van der Waals surface area contributed by atoms with Gasteiger partial charge in [-0.3, -0.25) is 4.79 Å². The molecule has 1 aliphatic rings. The van der Waals surface area contributed by atoms with E-state index in [0.717, 1.165) is 41.8 Å². The number of rotatable bonds is 5. The zero-order chi connectivity index (χ0) is 18.5. The van der Waals surface area contributed by atoms with E-state index in [0.29, 0.717) is 17.7 Å². The molecule has 1 amide bonds. The zero-order valence-corrected chi connectivity index (χ0v) is 15.9. The molecule has 0 unspecified atom stereocenters. The number of para-hydroxylation sites is 1. The number of anilines is 2. The Hall–Kier alpha value is -2.43.